The molecule has 0 atom stereocenters. The van der Waals surface area contributed by atoms with Crippen LogP contribution in [0.3, 0.4) is 0 Å². The van der Waals surface area contributed by atoms with Crippen LogP contribution < -0.4 is 5.56 Å². The molecule has 0 aromatic carbocycles. The molecule has 0 unspecified atom stereocenters. The van der Waals surface area contributed by atoms with Crippen molar-refractivity contribution in [2.75, 3.05) is 7.11 Å². The van der Waals surface area contributed by atoms with Gasteiger partial charge in [-0.05, 0) is 0 Å². The molecule has 2 heterocycles. The largest absolute Gasteiger partial charge is 0.464 e. The summed E-state index contributed by atoms with van der Waals surface area (Å²) >= 11 is 0. The molecule has 0 amide bonds. The lowest BCUT2D eigenvalue weighted by Crippen LogP contribution is -2.22. The van der Waals surface area contributed by atoms with Crippen LogP contribution >= 0.6 is 0 Å². The number of aromatic nitrogens is 3. The third-order valence-corrected chi connectivity index (χ3v) is 2.19. The number of carbonyl (C=O) groups excluding carboxylic acids is 1. The topological polar surface area (TPSA) is 65.6 Å². The highest BCUT2D eigenvalue weighted by Gasteiger charge is 2.13. The Bertz CT molecular complexity index is 582. The SMILES string of the molecule is COC(=O)c1cc(=O)n2nccc2n1C. The zero-order valence-corrected chi connectivity index (χ0v) is 8.30. The summed E-state index contributed by atoms with van der Waals surface area (Å²) in [5.74, 6) is -0.543. The third-order valence-electron chi connectivity index (χ3n) is 2.19. The number of carbonyl (C=O) groups is 1. The molecule has 0 fully saturated rings. The molecule has 2 aromatic rings. The van der Waals surface area contributed by atoms with Gasteiger partial charge in [0.05, 0.1) is 13.3 Å². The molecule has 6 nitrogen and oxygen atoms in total. The molecule has 0 saturated carbocycles. The summed E-state index contributed by atoms with van der Waals surface area (Å²) in [5.41, 5.74) is 0.395. The number of ether oxygens (including phenoxy) is 1. The van der Waals surface area contributed by atoms with Crippen molar-refractivity contribution in [2.45, 2.75) is 0 Å². The van der Waals surface area contributed by atoms with Crippen LogP contribution in [0.4, 0.5) is 0 Å². The number of fused-ring (bicyclic) bond motifs is 1. The number of nitrogens with zero attached hydrogens (tertiary/aromatic N) is 3. The van der Waals surface area contributed by atoms with Gasteiger partial charge in [0.2, 0.25) is 0 Å². The van der Waals surface area contributed by atoms with Crippen LogP contribution in [0, 0.1) is 0 Å². The average molecular weight is 207 g/mol. The van der Waals surface area contributed by atoms with E-state index >= 15 is 0 Å². The lowest BCUT2D eigenvalue weighted by Gasteiger charge is -2.07. The first kappa shape index (κ1) is 9.45. The van der Waals surface area contributed by atoms with E-state index in [0.717, 1.165) is 0 Å². The van der Waals surface area contributed by atoms with Crippen molar-refractivity contribution in [1.29, 1.82) is 0 Å². The number of rotatable bonds is 1. The molecule has 78 valence electrons. The second-order valence-electron chi connectivity index (χ2n) is 3.02. The Morgan fingerprint density at radius 3 is 2.93 bits per heavy atom. The highest BCUT2D eigenvalue weighted by atomic mass is 16.5. The molecule has 0 aliphatic carbocycles. The van der Waals surface area contributed by atoms with E-state index in [9.17, 15) is 9.59 Å². The summed E-state index contributed by atoms with van der Waals surface area (Å²) < 4.78 is 7.34. The molecule has 0 aliphatic heterocycles. The lowest BCUT2D eigenvalue weighted by atomic mass is 10.4. The fourth-order valence-corrected chi connectivity index (χ4v) is 1.42. The first-order chi connectivity index (χ1) is 7.15. The molecule has 0 bridgehead atoms. The van der Waals surface area contributed by atoms with Gasteiger partial charge in [-0.25, -0.2) is 4.79 Å². The molecule has 2 rings (SSSR count). The molecule has 6 heteroatoms. The van der Waals surface area contributed by atoms with Crippen molar-refractivity contribution in [1.82, 2.24) is 14.2 Å². The second kappa shape index (κ2) is 3.23. The number of aryl methyl sites for hydroxylation is 1. The standard InChI is InChI=1S/C9H9N3O3/c1-11-6(9(14)15-2)5-8(13)12-7(11)3-4-10-12/h3-5H,1-2H3. The Balaban J connectivity index is 2.83. The van der Waals surface area contributed by atoms with Crippen LogP contribution in [0.15, 0.2) is 23.1 Å². The first-order valence-corrected chi connectivity index (χ1v) is 4.27. The van der Waals surface area contributed by atoms with Gasteiger partial charge in [-0.2, -0.15) is 9.61 Å². The predicted molar refractivity (Wildman–Crippen MR) is 51.8 cm³/mol. The van der Waals surface area contributed by atoms with Crippen LogP contribution in [0.5, 0.6) is 0 Å². The highest BCUT2D eigenvalue weighted by Crippen LogP contribution is 2.03. The molecule has 2 aromatic heterocycles. The maximum atomic E-state index is 11.5. The van der Waals surface area contributed by atoms with Gasteiger partial charge in [-0.3, -0.25) is 4.79 Å². The fraction of sp³-hybridized carbons (Fsp3) is 0.222. The maximum absolute atomic E-state index is 11.5. The van der Waals surface area contributed by atoms with Gasteiger partial charge in [0.1, 0.15) is 11.3 Å². The number of methoxy groups -OCH3 is 1. The molecule has 0 aliphatic rings. The van der Waals surface area contributed by atoms with E-state index in [2.05, 4.69) is 9.84 Å². The van der Waals surface area contributed by atoms with Crippen molar-refractivity contribution < 1.29 is 9.53 Å². The van der Waals surface area contributed by atoms with Gasteiger partial charge >= 0.3 is 5.97 Å². The zero-order chi connectivity index (χ0) is 11.0. The van der Waals surface area contributed by atoms with E-state index < -0.39 is 5.97 Å². The van der Waals surface area contributed by atoms with Crippen LogP contribution in [-0.2, 0) is 11.8 Å². The molecule has 0 N–H and O–H groups in total. The minimum atomic E-state index is -0.543. The first-order valence-electron chi connectivity index (χ1n) is 4.27. The van der Waals surface area contributed by atoms with Crippen molar-refractivity contribution >= 4 is 11.6 Å². The molecule has 0 saturated heterocycles. The molecular weight excluding hydrogens is 198 g/mol. The van der Waals surface area contributed by atoms with E-state index in [-0.39, 0.29) is 11.3 Å². The summed E-state index contributed by atoms with van der Waals surface area (Å²) in [4.78, 5) is 22.9. The Morgan fingerprint density at radius 1 is 1.53 bits per heavy atom. The van der Waals surface area contributed by atoms with Crippen LogP contribution in [-0.4, -0.2) is 27.3 Å². The maximum Gasteiger partial charge on any atom is 0.354 e. The van der Waals surface area contributed by atoms with Crippen molar-refractivity contribution in [3.8, 4) is 0 Å². The second-order valence-corrected chi connectivity index (χ2v) is 3.02. The van der Waals surface area contributed by atoms with Crippen LogP contribution in [0.25, 0.3) is 5.65 Å². The molecular formula is C9H9N3O3. The minimum absolute atomic E-state index is 0.204. The summed E-state index contributed by atoms with van der Waals surface area (Å²) in [6, 6.07) is 2.85. The minimum Gasteiger partial charge on any atom is -0.464 e. The third kappa shape index (κ3) is 1.30. The van der Waals surface area contributed by atoms with Crippen molar-refractivity contribution in [3.63, 3.8) is 0 Å². The smallest absolute Gasteiger partial charge is 0.354 e. The van der Waals surface area contributed by atoms with E-state index in [4.69, 9.17) is 0 Å². The van der Waals surface area contributed by atoms with Gasteiger partial charge in [0, 0.05) is 19.2 Å². The average Bonchev–Trinajstić information content (AvgIpc) is 2.71. The summed E-state index contributed by atoms with van der Waals surface area (Å²) in [6.07, 6.45) is 1.50. The van der Waals surface area contributed by atoms with Gasteiger partial charge in [-0.15, -0.1) is 0 Å². The normalized spacial score (nSPS) is 10.5. The molecule has 0 radical (unpaired) electrons. The Kier molecular flexibility index (Phi) is 2.03. The van der Waals surface area contributed by atoms with E-state index in [1.807, 2.05) is 0 Å². The molecule has 0 spiro atoms. The van der Waals surface area contributed by atoms with Gasteiger partial charge in [0.25, 0.3) is 5.56 Å². The molecule has 15 heavy (non-hydrogen) atoms. The number of hydrogen-bond donors (Lipinski definition) is 0. The van der Waals surface area contributed by atoms with Crippen LogP contribution in [0.1, 0.15) is 10.5 Å². The summed E-state index contributed by atoms with van der Waals surface area (Å²) in [7, 11) is 2.94. The predicted octanol–water partition coefficient (Wildman–Crippen LogP) is -0.180. The Morgan fingerprint density at radius 2 is 2.27 bits per heavy atom. The quantitative estimate of drug-likeness (QED) is 0.608. The fourth-order valence-electron chi connectivity index (χ4n) is 1.42. The van der Waals surface area contributed by atoms with Gasteiger partial charge < -0.3 is 9.30 Å². The van der Waals surface area contributed by atoms with Gasteiger partial charge in [0.15, 0.2) is 0 Å². The van der Waals surface area contributed by atoms with E-state index in [0.29, 0.717) is 5.65 Å². The van der Waals surface area contributed by atoms with Gasteiger partial charge in [-0.1, -0.05) is 0 Å². The monoisotopic (exact) mass is 207 g/mol. The summed E-state index contributed by atoms with van der Waals surface area (Å²) in [5, 5.41) is 3.84. The zero-order valence-electron chi connectivity index (χ0n) is 8.30. The summed E-state index contributed by atoms with van der Waals surface area (Å²) in [6.45, 7) is 0. The Hall–Kier alpha value is -2.11. The highest BCUT2D eigenvalue weighted by molar-refractivity contribution is 5.88. The number of esters is 1. The lowest BCUT2D eigenvalue weighted by molar-refractivity contribution is 0.0589. The van der Waals surface area contributed by atoms with E-state index in [1.54, 1.807) is 17.7 Å². The van der Waals surface area contributed by atoms with Crippen LogP contribution in [0.2, 0.25) is 0 Å². The van der Waals surface area contributed by atoms with Crippen molar-refractivity contribution in [3.05, 3.63) is 34.4 Å². The number of hydrogen-bond acceptors (Lipinski definition) is 4. The van der Waals surface area contributed by atoms with Crippen molar-refractivity contribution in [2.24, 2.45) is 7.05 Å². The Labute approximate surface area is 84.7 Å². The van der Waals surface area contributed by atoms with E-state index in [1.165, 1.54) is 23.9 Å².